The summed E-state index contributed by atoms with van der Waals surface area (Å²) in [5.74, 6) is -1.94. The zero-order valence-electron chi connectivity index (χ0n) is 18.1. The van der Waals surface area contributed by atoms with Gasteiger partial charge in [-0.15, -0.1) is 0 Å². The summed E-state index contributed by atoms with van der Waals surface area (Å²) in [6.45, 7) is 3.20. The van der Waals surface area contributed by atoms with Crippen LogP contribution >= 0.6 is 0 Å². The minimum atomic E-state index is -1.69. The van der Waals surface area contributed by atoms with Crippen LogP contribution < -0.4 is 10.6 Å². The Morgan fingerprint density at radius 1 is 1.03 bits per heavy atom. The number of carboxylic acids is 1. The van der Waals surface area contributed by atoms with Crippen molar-refractivity contribution in [3.8, 4) is 11.1 Å². The van der Waals surface area contributed by atoms with Crippen molar-refractivity contribution in [3.05, 3.63) is 59.7 Å². The van der Waals surface area contributed by atoms with Gasteiger partial charge < -0.3 is 25.6 Å². The third kappa shape index (κ3) is 4.91. The van der Waals surface area contributed by atoms with Crippen LogP contribution in [0.25, 0.3) is 11.1 Å². The number of hydrogen-bond acceptors (Lipinski definition) is 5. The van der Waals surface area contributed by atoms with Crippen LogP contribution in [0, 0.1) is 5.41 Å². The minimum Gasteiger partial charge on any atom is -0.479 e. The topological polar surface area (TPSA) is 125 Å². The van der Waals surface area contributed by atoms with Crippen molar-refractivity contribution < 1.29 is 29.3 Å². The molecule has 0 aromatic heterocycles. The highest BCUT2D eigenvalue weighted by Gasteiger charge is 2.33. The molecule has 2 atom stereocenters. The molecule has 32 heavy (non-hydrogen) atoms. The van der Waals surface area contributed by atoms with Gasteiger partial charge >= 0.3 is 12.1 Å². The third-order valence-corrected chi connectivity index (χ3v) is 6.04. The summed E-state index contributed by atoms with van der Waals surface area (Å²) in [4.78, 5) is 35.6. The van der Waals surface area contributed by atoms with E-state index in [0.717, 1.165) is 22.3 Å². The van der Waals surface area contributed by atoms with Crippen LogP contribution in [0.15, 0.2) is 48.5 Å². The molecule has 0 aliphatic heterocycles. The summed E-state index contributed by atoms with van der Waals surface area (Å²) >= 11 is 0. The Kier molecular flexibility index (Phi) is 7.15. The van der Waals surface area contributed by atoms with Gasteiger partial charge in [0, 0.05) is 12.5 Å². The highest BCUT2D eigenvalue weighted by molar-refractivity contribution is 5.84. The van der Waals surface area contributed by atoms with Gasteiger partial charge in [0.25, 0.3) is 0 Å². The smallest absolute Gasteiger partial charge is 0.407 e. The highest BCUT2D eigenvalue weighted by Crippen LogP contribution is 2.44. The van der Waals surface area contributed by atoms with E-state index in [1.165, 1.54) is 0 Å². The monoisotopic (exact) mass is 440 g/mol. The zero-order chi connectivity index (χ0) is 23.3. The van der Waals surface area contributed by atoms with Crippen LogP contribution in [0.3, 0.4) is 0 Å². The number of fused-ring (bicyclic) bond motifs is 3. The summed E-state index contributed by atoms with van der Waals surface area (Å²) in [5.41, 5.74) is 3.50. The van der Waals surface area contributed by atoms with Gasteiger partial charge in [0.2, 0.25) is 5.91 Å². The number of alkyl carbamates (subject to hydrolysis) is 1. The lowest BCUT2D eigenvalue weighted by Gasteiger charge is -2.27. The summed E-state index contributed by atoms with van der Waals surface area (Å²) in [5, 5.41) is 23.1. The number of nitrogens with one attached hydrogen (secondary N) is 2. The zero-order valence-corrected chi connectivity index (χ0v) is 18.1. The molecule has 0 radical (unpaired) electrons. The van der Waals surface area contributed by atoms with E-state index in [1.807, 2.05) is 36.4 Å². The van der Waals surface area contributed by atoms with Gasteiger partial charge in [-0.2, -0.15) is 0 Å². The second-order valence-corrected chi connectivity index (χ2v) is 8.16. The number of ether oxygens (including phenoxy) is 1. The van der Waals surface area contributed by atoms with E-state index >= 15 is 0 Å². The number of rotatable bonds is 9. The number of carbonyl (C=O) groups is 3. The molecule has 8 heteroatoms. The molecular weight excluding hydrogens is 412 g/mol. The molecule has 2 aromatic rings. The van der Waals surface area contributed by atoms with Crippen LogP contribution in [0.4, 0.5) is 4.79 Å². The van der Waals surface area contributed by atoms with Crippen LogP contribution in [0.1, 0.15) is 37.3 Å². The Labute approximate surface area is 186 Å². The first-order valence-electron chi connectivity index (χ1n) is 10.5. The molecule has 0 heterocycles. The molecule has 1 aliphatic carbocycles. The van der Waals surface area contributed by atoms with Gasteiger partial charge in [-0.1, -0.05) is 55.5 Å². The lowest BCUT2D eigenvalue weighted by atomic mass is 9.86. The van der Waals surface area contributed by atoms with Gasteiger partial charge in [0.1, 0.15) is 6.61 Å². The Morgan fingerprint density at radius 3 is 2.12 bits per heavy atom. The number of hydrogen-bond donors (Lipinski definition) is 4. The molecule has 2 amide bonds. The average molecular weight is 440 g/mol. The number of carboxylic acid groups (broad SMARTS) is 1. The van der Waals surface area contributed by atoms with Gasteiger partial charge in [0.15, 0.2) is 6.10 Å². The fourth-order valence-corrected chi connectivity index (χ4v) is 3.77. The number of benzene rings is 2. The minimum absolute atomic E-state index is 0.00910. The standard InChI is InChI=1S/C24H28N2O6/c1-3-24(2,22(30)25-12-20(27)21(28)29)14-26-23(31)32-13-19-17-10-6-4-8-15(17)16-9-5-7-11-18(16)19/h4-11,19-20,27H,3,12-14H2,1-2H3,(H,25,30)(H,26,31)(H,28,29)/t20-,24?/m0/s1. The van der Waals surface area contributed by atoms with E-state index in [4.69, 9.17) is 9.84 Å². The number of aliphatic hydroxyl groups excluding tert-OH is 1. The van der Waals surface area contributed by atoms with E-state index in [0.29, 0.717) is 6.42 Å². The first-order chi connectivity index (χ1) is 15.3. The Morgan fingerprint density at radius 2 is 1.59 bits per heavy atom. The molecule has 0 fully saturated rings. The Hall–Kier alpha value is -3.39. The van der Waals surface area contributed by atoms with Crippen molar-refractivity contribution in [2.75, 3.05) is 19.7 Å². The quantitative estimate of drug-likeness (QED) is 0.475. The Balaban J connectivity index is 1.57. The third-order valence-electron chi connectivity index (χ3n) is 6.04. The average Bonchev–Trinajstić information content (AvgIpc) is 3.13. The molecule has 0 saturated carbocycles. The van der Waals surface area contributed by atoms with Crippen molar-refractivity contribution in [1.29, 1.82) is 0 Å². The molecular formula is C24H28N2O6. The van der Waals surface area contributed by atoms with Crippen molar-refractivity contribution in [1.82, 2.24) is 10.6 Å². The van der Waals surface area contributed by atoms with Crippen molar-refractivity contribution in [2.45, 2.75) is 32.3 Å². The second-order valence-electron chi connectivity index (χ2n) is 8.16. The van der Waals surface area contributed by atoms with E-state index in [1.54, 1.807) is 13.8 Å². The largest absolute Gasteiger partial charge is 0.479 e. The predicted molar refractivity (Wildman–Crippen MR) is 118 cm³/mol. The van der Waals surface area contributed by atoms with Crippen LogP contribution in [-0.4, -0.2) is 54.0 Å². The SMILES string of the molecule is CCC(C)(CNC(=O)OCC1c2ccccc2-c2ccccc21)C(=O)NC[C@H](O)C(=O)O. The number of amides is 2. The maximum absolute atomic E-state index is 12.5. The summed E-state index contributed by atoms with van der Waals surface area (Å²) in [7, 11) is 0. The number of aliphatic carboxylic acids is 1. The van der Waals surface area contributed by atoms with Gasteiger partial charge in [-0.25, -0.2) is 9.59 Å². The normalized spacial score (nSPS) is 15.1. The van der Waals surface area contributed by atoms with Crippen molar-refractivity contribution in [2.24, 2.45) is 5.41 Å². The molecule has 0 spiro atoms. The van der Waals surface area contributed by atoms with E-state index in [2.05, 4.69) is 22.8 Å². The molecule has 2 aromatic carbocycles. The van der Waals surface area contributed by atoms with Crippen molar-refractivity contribution >= 4 is 18.0 Å². The van der Waals surface area contributed by atoms with Gasteiger partial charge in [-0.3, -0.25) is 4.79 Å². The first kappa shape index (κ1) is 23.3. The molecule has 170 valence electrons. The van der Waals surface area contributed by atoms with Crippen LogP contribution in [0.2, 0.25) is 0 Å². The van der Waals surface area contributed by atoms with E-state index in [9.17, 15) is 19.5 Å². The highest BCUT2D eigenvalue weighted by atomic mass is 16.5. The lowest BCUT2D eigenvalue weighted by molar-refractivity contribution is -0.146. The van der Waals surface area contributed by atoms with Gasteiger partial charge in [0.05, 0.1) is 12.0 Å². The fraction of sp³-hybridized carbons (Fsp3) is 0.375. The summed E-state index contributed by atoms with van der Waals surface area (Å²) in [6.07, 6.45) is -1.92. The maximum Gasteiger partial charge on any atom is 0.407 e. The summed E-state index contributed by atoms with van der Waals surface area (Å²) < 4.78 is 5.49. The molecule has 8 nitrogen and oxygen atoms in total. The number of carbonyl (C=O) groups excluding carboxylic acids is 2. The summed E-state index contributed by atoms with van der Waals surface area (Å²) in [6, 6.07) is 16.1. The molecule has 0 saturated heterocycles. The predicted octanol–water partition coefficient (Wildman–Crippen LogP) is 2.50. The molecule has 0 bridgehead atoms. The molecule has 4 N–H and O–H groups in total. The van der Waals surface area contributed by atoms with E-state index in [-0.39, 0.29) is 19.1 Å². The Bertz CT molecular complexity index is 962. The second kappa shape index (κ2) is 9.82. The van der Waals surface area contributed by atoms with Crippen LogP contribution in [0.5, 0.6) is 0 Å². The van der Waals surface area contributed by atoms with Crippen molar-refractivity contribution in [3.63, 3.8) is 0 Å². The maximum atomic E-state index is 12.5. The lowest BCUT2D eigenvalue weighted by Crippen LogP contribution is -2.49. The van der Waals surface area contributed by atoms with Crippen LogP contribution in [-0.2, 0) is 14.3 Å². The fourth-order valence-electron chi connectivity index (χ4n) is 3.77. The molecule has 3 rings (SSSR count). The number of aliphatic hydroxyl groups is 1. The van der Waals surface area contributed by atoms with E-state index < -0.39 is 36.0 Å². The first-order valence-corrected chi connectivity index (χ1v) is 10.5. The van der Waals surface area contributed by atoms with Gasteiger partial charge in [-0.05, 0) is 35.6 Å². The molecule has 1 aliphatic rings. The molecule has 1 unspecified atom stereocenters.